The van der Waals surface area contributed by atoms with Gasteiger partial charge in [0.25, 0.3) is 0 Å². The van der Waals surface area contributed by atoms with Gasteiger partial charge in [0.2, 0.25) is 0 Å². The molecule has 0 saturated carbocycles. The van der Waals surface area contributed by atoms with Crippen LogP contribution in [-0.4, -0.2) is 50.2 Å². The fraction of sp³-hybridized carbons (Fsp3) is 0.190. The molecule has 1 aromatic heterocycles. The average molecular weight is 396 g/mol. The second-order valence-electron chi connectivity index (χ2n) is 5.84. The molecule has 3 rings (SSSR count). The van der Waals surface area contributed by atoms with Crippen LogP contribution in [0.25, 0.3) is 16.9 Å². The molecule has 8 nitrogen and oxygen atoms in total. The SMILES string of the molecule is COC(=O)c1c(-c2cccc(OC)c2OC)nn(-c2ccccc2)c1C(=O)OC. The van der Waals surface area contributed by atoms with E-state index in [1.807, 2.05) is 6.07 Å². The van der Waals surface area contributed by atoms with Gasteiger partial charge in [-0.05, 0) is 24.3 Å². The quantitative estimate of drug-likeness (QED) is 0.592. The van der Waals surface area contributed by atoms with E-state index in [0.717, 1.165) is 0 Å². The third kappa shape index (κ3) is 3.52. The average Bonchev–Trinajstić information content (AvgIpc) is 3.18. The van der Waals surface area contributed by atoms with E-state index in [4.69, 9.17) is 18.9 Å². The Morgan fingerprint density at radius 2 is 1.52 bits per heavy atom. The number of ether oxygens (including phenoxy) is 4. The maximum Gasteiger partial charge on any atom is 0.357 e. The van der Waals surface area contributed by atoms with Crippen molar-refractivity contribution in [2.45, 2.75) is 0 Å². The zero-order chi connectivity index (χ0) is 21.0. The normalized spacial score (nSPS) is 10.3. The van der Waals surface area contributed by atoms with Gasteiger partial charge in [-0.3, -0.25) is 0 Å². The molecule has 0 unspecified atom stereocenters. The smallest absolute Gasteiger partial charge is 0.357 e. The van der Waals surface area contributed by atoms with Crippen LogP contribution in [0, 0.1) is 0 Å². The highest BCUT2D eigenvalue weighted by Crippen LogP contribution is 2.40. The molecule has 0 radical (unpaired) electrons. The van der Waals surface area contributed by atoms with E-state index < -0.39 is 11.9 Å². The van der Waals surface area contributed by atoms with Crippen molar-refractivity contribution in [1.29, 1.82) is 0 Å². The Hall–Kier alpha value is -3.81. The number of nitrogens with zero attached hydrogens (tertiary/aromatic N) is 2. The van der Waals surface area contributed by atoms with E-state index in [1.165, 1.54) is 33.1 Å². The first-order valence-electron chi connectivity index (χ1n) is 8.63. The lowest BCUT2D eigenvalue weighted by molar-refractivity contribution is 0.0549. The van der Waals surface area contributed by atoms with Gasteiger partial charge in [0.1, 0.15) is 11.3 Å². The zero-order valence-electron chi connectivity index (χ0n) is 16.5. The zero-order valence-corrected chi connectivity index (χ0v) is 16.5. The van der Waals surface area contributed by atoms with E-state index in [2.05, 4.69) is 5.10 Å². The Morgan fingerprint density at radius 1 is 0.828 bits per heavy atom. The van der Waals surface area contributed by atoms with Crippen molar-refractivity contribution in [2.75, 3.05) is 28.4 Å². The molecule has 0 fully saturated rings. The van der Waals surface area contributed by atoms with Gasteiger partial charge in [-0.1, -0.05) is 24.3 Å². The Labute approximate surface area is 167 Å². The van der Waals surface area contributed by atoms with Crippen LogP contribution >= 0.6 is 0 Å². The molecular weight excluding hydrogens is 376 g/mol. The predicted molar refractivity (Wildman–Crippen MR) is 105 cm³/mol. The highest BCUT2D eigenvalue weighted by atomic mass is 16.5. The molecule has 150 valence electrons. The van der Waals surface area contributed by atoms with Gasteiger partial charge in [0.15, 0.2) is 17.2 Å². The number of esters is 2. The van der Waals surface area contributed by atoms with Gasteiger partial charge in [-0.25, -0.2) is 14.3 Å². The van der Waals surface area contributed by atoms with Gasteiger partial charge in [0, 0.05) is 5.56 Å². The third-order valence-corrected chi connectivity index (χ3v) is 4.31. The van der Waals surface area contributed by atoms with Crippen molar-refractivity contribution in [1.82, 2.24) is 9.78 Å². The fourth-order valence-electron chi connectivity index (χ4n) is 3.02. The molecular formula is C21H20N2O6. The molecule has 2 aromatic carbocycles. The second-order valence-corrected chi connectivity index (χ2v) is 5.84. The van der Waals surface area contributed by atoms with Crippen molar-refractivity contribution < 1.29 is 28.5 Å². The monoisotopic (exact) mass is 396 g/mol. The van der Waals surface area contributed by atoms with Crippen LogP contribution in [0.2, 0.25) is 0 Å². The lowest BCUT2D eigenvalue weighted by Crippen LogP contribution is -2.15. The molecule has 0 aliphatic rings. The number of rotatable bonds is 6. The summed E-state index contributed by atoms with van der Waals surface area (Å²) in [7, 11) is 5.45. The first-order valence-corrected chi connectivity index (χ1v) is 8.63. The summed E-state index contributed by atoms with van der Waals surface area (Å²) in [5.41, 5.74) is 1.16. The summed E-state index contributed by atoms with van der Waals surface area (Å²) >= 11 is 0. The van der Waals surface area contributed by atoms with Crippen molar-refractivity contribution in [3.8, 4) is 28.4 Å². The number of aromatic nitrogens is 2. The summed E-state index contributed by atoms with van der Waals surface area (Å²) in [6, 6.07) is 14.1. The van der Waals surface area contributed by atoms with Crippen LogP contribution in [0.5, 0.6) is 11.5 Å². The van der Waals surface area contributed by atoms with E-state index in [9.17, 15) is 9.59 Å². The van der Waals surface area contributed by atoms with E-state index in [1.54, 1.807) is 42.5 Å². The van der Waals surface area contributed by atoms with Crippen molar-refractivity contribution in [2.24, 2.45) is 0 Å². The minimum Gasteiger partial charge on any atom is -0.493 e. The number of carbonyl (C=O) groups is 2. The molecule has 0 aliphatic heterocycles. The second kappa shape index (κ2) is 8.47. The molecule has 8 heteroatoms. The molecule has 0 saturated heterocycles. The maximum absolute atomic E-state index is 12.7. The first kappa shape index (κ1) is 19.9. The first-order chi connectivity index (χ1) is 14.1. The summed E-state index contributed by atoms with van der Waals surface area (Å²) in [6.07, 6.45) is 0. The summed E-state index contributed by atoms with van der Waals surface area (Å²) in [4.78, 5) is 25.3. The molecule has 1 heterocycles. The van der Waals surface area contributed by atoms with Crippen LogP contribution in [0.15, 0.2) is 48.5 Å². The standard InChI is InChI=1S/C21H20N2O6/c1-26-15-12-8-11-14(19(15)27-2)17-16(20(24)28-3)18(21(25)29-4)23(22-17)13-9-6-5-7-10-13/h5-12H,1-4H3. The van der Waals surface area contributed by atoms with Crippen LogP contribution in [0.1, 0.15) is 20.8 Å². The number of carbonyl (C=O) groups excluding carboxylic acids is 2. The minimum atomic E-state index is -0.729. The fourth-order valence-corrected chi connectivity index (χ4v) is 3.02. The van der Waals surface area contributed by atoms with Gasteiger partial charge < -0.3 is 18.9 Å². The van der Waals surface area contributed by atoms with Gasteiger partial charge in [0.05, 0.1) is 34.1 Å². The van der Waals surface area contributed by atoms with Crippen molar-refractivity contribution in [3.63, 3.8) is 0 Å². The third-order valence-electron chi connectivity index (χ3n) is 4.31. The molecule has 0 atom stereocenters. The van der Waals surface area contributed by atoms with Gasteiger partial charge in [-0.15, -0.1) is 0 Å². The summed E-state index contributed by atoms with van der Waals surface area (Å²) in [6.45, 7) is 0. The molecule has 3 aromatic rings. The number of para-hydroxylation sites is 2. The molecule has 0 spiro atoms. The van der Waals surface area contributed by atoms with Gasteiger partial charge in [-0.2, -0.15) is 5.10 Å². The number of hydrogen-bond acceptors (Lipinski definition) is 7. The maximum atomic E-state index is 12.7. The number of hydrogen-bond donors (Lipinski definition) is 0. The highest BCUT2D eigenvalue weighted by Gasteiger charge is 2.32. The Balaban J connectivity index is 2.41. The minimum absolute atomic E-state index is 0.0326. The largest absolute Gasteiger partial charge is 0.493 e. The van der Waals surface area contributed by atoms with Gasteiger partial charge >= 0.3 is 11.9 Å². The lowest BCUT2D eigenvalue weighted by atomic mass is 10.0. The van der Waals surface area contributed by atoms with Crippen molar-refractivity contribution >= 4 is 11.9 Å². The van der Waals surface area contributed by atoms with Crippen molar-refractivity contribution in [3.05, 3.63) is 59.8 Å². The molecule has 0 bridgehead atoms. The predicted octanol–water partition coefficient (Wildman–Crippen LogP) is 3.13. The van der Waals surface area contributed by atoms with Crippen LogP contribution in [-0.2, 0) is 9.47 Å². The van der Waals surface area contributed by atoms with E-state index in [-0.39, 0.29) is 17.0 Å². The lowest BCUT2D eigenvalue weighted by Gasteiger charge is -2.12. The molecule has 0 N–H and O–H groups in total. The molecule has 29 heavy (non-hydrogen) atoms. The summed E-state index contributed by atoms with van der Waals surface area (Å²) in [5.74, 6) is -0.633. The van der Waals surface area contributed by atoms with E-state index in [0.29, 0.717) is 22.7 Å². The van der Waals surface area contributed by atoms with Crippen LogP contribution in [0.4, 0.5) is 0 Å². The topological polar surface area (TPSA) is 88.9 Å². The highest BCUT2D eigenvalue weighted by molar-refractivity contribution is 6.07. The number of methoxy groups -OCH3 is 4. The Kier molecular flexibility index (Phi) is 5.82. The molecule has 0 aliphatic carbocycles. The summed E-state index contributed by atoms with van der Waals surface area (Å²) in [5, 5.41) is 4.55. The van der Waals surface area contributed by atoms with E-state index >= 15 is 0 Å². The van der Waals surface area contributed by atoms with Crippen LogP contribution in [0.3, 0.4) is 0 Å². The van der Waals surface area contributed by atoms with Crippen LogP contribution < -0.4 is 9.47 Å². The molecule has 0 amide bonds. The Bertz CT molecular complexity index is 1040. The number of benzene rings is 2. The Morgan fingerprint density at radius 3 is 2.10 bits per heavy atom. The summed E-state index contributed by atoms with van der Waals surface area (Å²) < 4.78 is 22.1.